The number of carbonyl (C=O) groups excluding carboxylic acids is 1. The number of nitrogens with one attached hydrogen (secondary N) is 1. The summed E-state index contributed by atoms with van der Waals surface area (Å²) in [6.45, 7) is 0.782. The molecule has 0 radical (unpaired) electrons. The predicted octanol–water partition coefficient (Wildman–Crippen LogP) is 2.72. The number of ether oxygens (including phenoxy) is 4. The number of hydrogen-bond donors (Lipinski definition) is 2. The molecule has 8 nitrogen and oxygen atoms in total. The molecular formula is C20H26IN3O5. The molecule has 158 valence electrons. The second kappa shape index (κ2) is 12.0. The van der Waals surface area contributed by atoms with Crippen LogP contribution in [0.2, 0.25) is 0 Å². The van der Waals surface area contributed by atoms with Crippen molar-refractivity contribution in [2.45, 2.75) is 13.1 Å². The minimum absolute atomic E-state index is 0. The molecule has 0 fully saturated rings. The van der Waals surface area contributed by atoms with Crippen LogP contribution in [0.5, 0.6) is 17.2 Å². The van der Waals surface area contributed by atoms with Crippen LogP contribution in [-0.4, -0.2) is 40.4 Å². The smallest absolute Gasteiger partial charge is 0.341 e. The van der Waals surface area contributed by atoms with Gasteiger partial charge in [0.25, 0.3) is 0 Å². The zero-order chi connectivity index (χ0) is 20.5. The number of methoxy groups -OCH3 is 4. The average Bonchev–Trinajstić information content (AvgIpc) is 2.75. The molecule has 0 spiro atoms. The lowest BCUT2D eigenvalue weighted by Gasteiger charge is -2.11. The van der Waals surface area contributed by atoms with Crippen LogP contribution in [-0.2, 0) is 17.8 Å². The summed E-state index contributed by atoms with van der Waals surface area (Å²) in [6, 6.07) is 10.8. The van der Waals surface area contributed by atoms with Crippen molar-refractivity contribution in [2.75, 3.05) is 28.4 Å². The van der Waals surface area contributed by atoms with Gasteiger partial charge in [0.15, 0.2) is 17.5 Å². The number of halogens is 1. The minimum atomic E-state index is -0.470. The van der Waals surface area contributed by atoms with E-state index < -0.39 is 5.97 Å². The Balaban J connectivity index is 0.00000420. The Morgan fingerprint density at radius 2 is 1.55 bits per heavy atom. The van der Waals surface area contributed by atoms with Crippen LogP contribution in [0.3, 0.4) is 0 Å². The number of carbonyl (C=O) groups is 1. The first kappa shape index (κ1) is 24.3. The molecule has 0 amide bonds. The summed E-state index contributed by atoms with van der Waals surface area (Å²) >= 11 is 0. The molecule has 0 bridgehead atoms. The highest BCUT2D eigenvalue weighted by Crippen LogP contribution is 2.27. The molecule has 0 heterocycles. The van der Waals surface area contributed by atoms with E-state index in [1.807, 2.05) is 24.3 Å². The zero-order valence-corrected chi connectivity index (χ0v) is 19.2. The van der Waals surface area contributed by atoms with Gasteiger partial charge >= 0.3 is 5.97 Å². The van der Waals surface area contributed by atoms with Gasteiger partial charge in [-0.15, -0.1) is 24.0 Å². The molecule has 2 aromatic carbocycles. The van der Waals surface area contributed by atoms with Crippen molar-refractivity contribution < 1.29 is 23.7 Å². The van der Waals surface area contributed by atoms with Crippen molar-refractivity contribution in [3.8, 4) is 17.2 Å². The van der Waals surface area contributed by atoms with Gasteiger partial charge in [0.1, 0.15) is 11.3 Å². The first-order valence-electron chi connectivity index (χ1n) is 8.52. The van der Waals surface area contributed by atoms with E-state index in [0.29, 0.717) is 35.9 Å². The second-order valence-corrected chi connectivity index (χ2v) is 5.77. The molecule has 2 aromatic rings. The van der Waals surface area contributed by atoms with Crippen molar-refractivity contribution >= 4 is 35.9 Å². The maximum atomic E-state index is 11.8. The fourth-order valence-electron chi connectivity index (χ4n) is 2.54. The maximum absolute atomic E-state index is 11.8. The molecule has 2 rings (SSSR count). The van der Waals surface area contributed by atoms with Gasteiger partial charge < -0.3 is 30.0 Å². The third-order valence-electron chi connectivity index (χ3n) is 4.02. The maximum Gasteiger partial charge on any atom is 0.341 e. The van der Waals surface area contributed by atoms with E-state index in [2.05, 4.69) is 10.3 Å². The Labute approximate surface area is 187 Å². The Morgan fingerprint density at radius 3 is 2.17 bits per heavy atom. The fraction of sp³-hybridized carbons (Fsp3) is 0.300. The SMILES string of the molecule is COC(=O)c1cc(CN=C(N)NCc2ccc(OC)c(OC)c2)ccc1OC.I. The summed E-state index contributed by atoms with van der Waals surface area (Å²) in [5.41, 5.74) is 8.05. The molecule has 0 atom stereocenters. The van der Waals surface area contributed by atoms with E-state index in [0.717, 1.165) is 11.1 Å². The quantitative estimate of drug-likeness (QED) is 0.241. The van der Waals surface area contributed by atoms with Crippen molar-refractivity contribution in [3.63, 3.8) is 0 Å². The molecule has 0 saturated heterocycles. The number of esters is 1. The largest absolute Gasteiger partial charge is 0.496 e. The van der Waals surface area contributed by atoms with Gasteiger partial charge in [-0.05, 0) is 35.4 Å². The standard InChI is InChI=1S/C20H25N3O5.HI/c1-25-16-7-5-13(9-15(16)19(24)28-4)11-22-20(21)23-12-14-6-8-17(26-2)18(10-14)27-3;/h5-10H,11-12H2,1-4H3,(H3,21,22,23);1H. The minimum Gasteiger partial charge on any atom is -0.496 e. The average molecular weight is 515 g/mol. The van der Waals surface area contributed by atoms with Crippen LogP contribution in [0.15, 0.2) is 41.4 Å². The Hall–Kier alpha value is -2.69. The third-order valence-corrected chi connectivity index (χ3v) is 4.02. The van der Waals surface area contributed by atoms with Crippen LogP contribution in [0, 0.1) is 0 Å². The summed E-state index contributed by atoms with van der Waals surface area (Å²) in [5.74, 6) is 1.56. The molecule has 0 aliphatic heterocycles. The normalized spacial score (nSPS) is 10.6. The van der Waals surface area contributed by atoms with E-state index in [1.54, 1.807) is 26.4 Å². The number of benzene rings is 2. The fourth-order valence-corrected chi connectivity index (χ4v) is 2.54. The van der Waals surface area contributed by atoms with Gasteiger partial charge in [0.2, 0.25) is 0 Å². The van der Waals surface area contributed by atoms with Crippen LogP contribution >= 0.6 is 24.0 Å². The lowest BCUT2D eigenvalue weighted by Crippen LogP contribution is -2.31. The lowest BCUT2D eigenvalue weighted by molar-refractivity contribution is 0.0597. The number of nitrogens with zero attached hydrogens (tertiary/aromatic N) is 1. The third kappa shape index (κ3) is 6.70. The van der Waals surface area contributed by atoms with Crippen LogP contribution in [0.25, 0.3) is 0 Å². The number of nitrogens with two attached hydrogens (primary N) is 1. The molecule has 0 aliphatic rings. The molecule has 0 aromatic heterocycles. The summed E-state index contributed by atoms with van der Waals surface area (Å²) in [6.07, 6.45) is 0. The van der Waals surface area contributed by atoms with Crippen molar-refractivity contribution in [1.82, 2.24) is 5.32 Å². The highest BCUT2D eigenvalue weighted by Gasteiger charge is 2.13. The molecule has 0 saturated carbocycles. The van der Waals surface area contributed by atoms with Crippen molar-refractivity contribution in [3.05, 3.63) is 53.1 Å². The summed E-state index contributed by atoms with van der Waals surface area (Å²) in [4.78, 5) is 16.1. The molecule has 0 unspecified atom stereocenters. The van der Waals surface area contributed by atoms with E-state index in [1.165, 1.54) is 14.2 Å². The molecular weight excluding hydrogens is 489 g/mol. The van der Waals surface area contributed by atoms with Gasteiger partial charge in [-0.25, -0.2) is 9.79 Å². The number of hydrogen-bond acceptors (Lipinski definition) is 6. The van der Waals surface area contributed by atoms with Crippen LogP contribution in [0.1, 0.15) is 21.5 Å². The van der Waals surface area contributed by atoms with E-state index in [9.17, 15) is 4.79 Å². The van der Waals surface area contributed by atoms with E-state index in [4.69, 9.17) is 24.7 Å². The van der Waals surface area contributed by atoms with Gasteiger partial charge in [0.05, 0.1) is 35.0 Å². The van der Waals surface area contributed by atoms with Gasteiger partial charge in [-0.3, -0.25) is 0 Å². The summed E-state index contributed by atoms with van der Waals surface area (Å²) in [5, 5.41) is 3.04. The van der Waals surface area contributed by atoms with Crippen LogP contribution < -0.4 is 25.3 Å². The first-order chi connectivity index (χ1) is 13.5. The zero-order valence-electron chi connectivity index (χ0n) is 16.9. The molecule has 9 heteroatoms. The Bertz CT molecular complexity index is 858. The van der Waals surface area contributed by atoms with E-state index >= 15 is 0 Å². The highest BCUT2D eigenvalue weighted by molar-refractivity contribution is 14.0. The lowest BCUT2D eigenvalue weighted by atomic mass is 10.1. The van der Waals surface area contributed by atoms with Gasteiger partial charge in [-0.2, -0.15) is 0 Å². The monoisotopic (exact) mass is 515 g/mol. The number of aliphatic imine (C=N–C) groups is 1. The first-order valence-corrected chi connectivity index (χ1v) is 8.52. The Morgan fingerprint density at radius 1 is 0.931 bits per heavy atom. The molecule has 29 heavy (non-hydrogen) atoms. The second-order valence-electron chi connectivity index (χ2n) is 5.77. The van der Waals surface area contributed by atoms with Gasteiger partial charge in [0, 0.05) is 6.54 Å². The topological polar surface area (TPSA) is 104 Å². The Kier molecular flexibility index (Phi) is 10.1. The number of rotatable bonds is 8. The van der Waals surface area contributed by atoms with Crippen molar-refractivity contribution in [1.29, 1.82) is 0 Å². The summed E-state index contributed by atoms with van der Waals surface area (Å²) in [7, 11) is 5.99. The van der Waals surface area contributed by atoms with E-state index in [-0.39, 0.29) is 29.9 Å². The summed E-state index contributed by atoms with van der Waals surface area (Å²) < 4.78 is 20.5. The van der Waals surface area contributed by atoms with Crippen molar-refractivity contribution in [2.24, 2.45) is 10.7 Å². The highest BCUT2D eigenvalue weighted by atomic mass is 127. The molecule has 0 aliphatic carbocycles. The molecule has 3 N–H and O–H groups in total. The van der Waals surface area contributed by atoms with Gasteiger partial charge in [-0.1, -0.05) is 12.1 Å². The van der Waals surface area contributed by atoms with Crippen LogP contribution in [0.4, 0.5) is 0 Å². The predicted molar refractivity (Wildman–Crippen MR) is 121 cm³/mol. The number of guanidine groups is 1.